The highest BCUT2D eigenvalue weighted by atomic mass is 32.1. The van der Waals surface area contributed by atoms with E-state index >= 15 is 0 Å². The Morgan fingerprint density at radius 1 is 0.667 bits per heavy atom. The Labute approximate surface area is 188 Å². The molecule has 1 nitrogen and oxygen atoms in total. The Bertz CT molecular complexity index is 1440. The van der Waals surface area contributed by atoms with Crippen molar-refractivity contribution < 1.29 is 4.42 Å². The number of aryl methyl sites for hydroxylation is 2. The fraction of sp³-hybridized carbons (Fsp3) is 0.308. The molecule has 150 valence electrons. The van der Waals surface area contributed by atoms with E-state index < -0.39 is 0 Å². The molecule has 0 saturated carbocycles. The Balaban J connectivity index is 1.56. The van der Waals surface area contributed by atoms with E-state index in [0.717, 1.165) is 11.3 Å². The molecule has 1 aromatic carbocycles. The molecule has 0 fully saturated rings. The topological polar surface area (TPSA) is 13.1 Å². The van der Waals surface area contributed by atoms with E-state index in [1.165, 1.54) is 62.1 Å². The maximum absolute atomic E-state index is 6.59. The van der Waals surface area contributed by atoms with E-state index in [0.29, 0.717) is 0 Å². The van der Waals surface area contributed by atoms with Gasteiger partial charge in [-0.15, -0.1) is 34.0 Å². The van der Waals surface area contributed by atoms with E-state index in [9.17, 15) is 0 Å². The second-order valence-corrected chi connectivity index (χ2v) is 13.5. The van der Waals surface area contributed by atoms with Gasteiger partial charge < -0.3 is 4.42 Å². The average Bonchev–Trinajstić information content (AvgIpc) is 3.43. The van der Waals surface area contributed by atoms with Crippen molar-refractivity contribution in [3.63, 3.8) is 0 Å². The maximum Gasteiger partial charge on any atom is 0.149 e. The van der Waals surface area contributed by atoms with Gasteiger partial charge in [-0.05, 0) is 54.8 Å². The van der Waals surface area contributed by atoms with E-state index in [-0.39, 0.29) is 10.8 Å². The van der Waals surface area contributed by atoms with Gasteiger partial charge in [-0.2, -0.15) is 0 Å². The highest BCUT2D eigenvalue weighted by Gasteiger charge is 2.43. The summed E-state index contributed by atoms with van der Waals surface area (Å²) in [6, 6.07) is 9.49. The molecule has 4 heterocycles. The molecule has 4 heteroatoms. The molecule has 30 heavy (non-hydrogen) atoms. The molecule has 0 unspecified atom stereocenters. The van der Waals surface area contributed by atoms with Gasteiger partial charge in [0.1, 0.15) is 11.3 Å². The first-order valence-electron chi connectivity index (χ1n) is 10.4. The van der Waals surface area contributed by atoms with Gasteiger partial charge in [0.15, 0.2) is 0 Å². The standard InChI is InChI=1S/C26H22OS3/c1-11-7-15-22(28-11)21-19(25(15,3)4)13-10-18-14(9-17(13)27-21)20-24(30-18)23-16(26(20,5)6)8-12(2)29-23/h7-10H,1-6H3. The fourth-order valence-corrected chi connectivity index (χ4v) is 9.67. The Morgan fingerprint density at radius 3 is 2.03 bits per heavy atom. The van der Waals surface area contributed by atoms with Crippen LogP contribution in [0.3, 0.4) is 0 Å². The third-order valence-electron chi connectivity index (χ3n) is 7.22. The second kappa shape index (κ2) is 5.12. The summed E-state index contributed by atoms with van der Waals surface area (Å²) in [6.07, 6.45) is 0. The highest BCUT2D eigenvalue weighted by molar-refractivity contribution is 7.26. The third-order valence-corrected chi connectivity index (χ3v) is 10.6. The van der Waals surface area contributed by atoms with Gasteiger partial charge in [0, 0.05) is 51.4 Å². The van der Waals surface area contributed by atoms with Crippen LogP contribution in [0.5, 0.6) is 0 Å². The van der Waals surface area contributed by atoms with Crippen LogP contribution >= 0.6 is 34.0 Å². The molecular weight excluding hydrogens is 424 g/mol. The molecule has 0 atom stereocenters. The number of benzene rings is 1. The summed E-state index contributed by atoms with van der Waals surface area (Å²) in [7, 11) is 0. The predicted molar refractivity (Wildman–Crippen MR) is 132 cm³/mol. The first kappa shape index (κ1) is 17.8. The quantitative estimate of drug-likeness (QED) is 0.231. The third kappa shape index (κ3) is 1.86. The molecule has 2 aliphatic carbocycles. The molecule has 7 rings (SSSR count). The monoisotopic (exact) mass is 446 g/mol. The number of hydrogen-bond acceptors (Lipinski definition) is 4. The molecule has 5 aromatic rings. The van der Waals surface area contributed by atoms with E-state index in [1.54, 1.807) is 0 Å². The number of fused-ring (bicyclic) bond motifs is 10. The lowest BCUT2D eigenvalue weighted by Gasteiger charge is -2.21. The maximum atomic E-state index is 6.59. The van der Waals surface area contributed by atoms with Crippen LogP contribution in [0.15, 0.2) is 28.7 Å². The lowest BCUT2D eigenvalue weighted by atomic mass is 9.81. The summed E-state index contributed by atoms with van der Waals surface area (Å²) in [4.78, 5) is 7.05. The minimum absolute atomic E-state index is 0.00829. The van der Waals surface area contributed by atoms with Gasteiger partial charge in [0.05, 0.1) is 4.88 Å². The second-order valence-electron chi connectivity index (χ2n) is 9.91. The molecule has 0 aliphatic heterocycles. The summed E-state index contributed by atoms with van der Waals surface area (Å²) in [5.74, 6) is 1.10. The number of hydrogen-bond donors (Lipinski definition) is 0. The van der Waals surface area contributed by atoms with Crippen LogP contribution in [0.2, 0.25) is 0 Å². The number of furan rings is 1. The first-order chi connectivity index (χ1) is 14.2. The van der Waals surface area contributed by atoms with Crippen LogP contribution in [-0.4, -0.2) is 0 Å². The van der Waals surface area contributed by atoms with Gasteiger partial charge in [-0.1, -0.05) is 27.7 Å². The lowest BCUT2D eigenvalue weighted by molar-refractivity contribution is 0.619. The molecule has 0 radical (unpaired) electrons. The zero-order valence-electron chi connectivity index (χ0n) is 17.9. The molecule has 0 saturated heterocycles. The van der Waals surface area contributed by atoms with Crippen molar-refractivity contribution in [3.05, 3.63) is 56.3 Å². The van der Waals surface area contributed by atoms with Gasteiger partial charge in [0.25, 0.3) is 0 Å². The molecule has 0 spiro atoms. The summed E-state index contributed by atoms with van der Waals surface area (Å²) >= 11 is 5.78. The van der Waals surface area contributed by atoms with Crippen molar-refractivity contribution in [2.75, 3.05) is 0 Å². The van der Waals surface area contributed by atoms with Gasteiger partial charge >= 0.3 is 0 Å². The van der Waals surface area contributed by atoms with Crippen LogP contribution in [0.25, 0.3) is 41.4 Å². The van der Waals surface area contributed by atoms with Gasteiger partial charge in [0.2, 0.25) is 0 Å². The van der Waals surface area contributed by atoms with E-state index in [2.05, 4.69) is 65.8 Å². The number of thiophene rings is 3. The lowest BCUT2D eigenvalue weighted by Crippen LogP contribution is -2.14. The summed E-state index contributed by atoms with van der Waals surface area (Å²) < 4.78 is 7.98. The van der Waals surface area contributed by atoms with Crippen molar-refractivity contribution in [2.24, 2.45) is 0 Å². The zero-order valence-corrected chi connectivity index (χ0v) is 20.4. The first-order valence-corrected chi connectivity index (χ1v) is 12.9. The van der Waals surface area contributed by atoms with Gasteiger partial charge in [-0.25, -0.2) is 0 Å². The Hall–Kier alpha value is -1.88. The molecular formula is C26H22OS3. The van der Waals surface area contributed by atoms with Gasteiger partial charge in [-0.3, -0.25) is 0 Å². The molecule has 4 aromatic heterocycles. The SMILES string of the molecule is Cc1cc2c(s1)-c1oc3cc4c5c(sc4cc3c1C2(C)C)-c1sc(C)cc1C5(C)C. The summed E-state index contributed by atoms with van der Waals surface area (Å²) in [6.45, 7) is 13.9. The predicted octanol–water partition coefficient (Wildman–Crippen LogP) is 9.00. The minimum atomic E-state index is -0.00829. The molecule has 0 amide bonds. The molecule has 0 N–H and O–H groups in total. The highest BCUT2D eigenvalue weighted by Crippen LogP contribution is 2.60. The van der Waals surface area contributed by atoms with Crippen LogP contribution in [0, 0.1) is 13.8 Å². The van der Waals surface area contributed by atoms with E-state index in [1.807, 2.05) is 34.0 Å². The Morgan fingerprint density at radius 2 is 1.30 bits per heavy atom. The van der Waals surface area contributed by atoms with Crippen molar-refractivity contribution in [2.45, 2.75) is 52.4 Å². The molecule has 0 bridgehead atoms. The van der Waals surface area contributed by atoms with Crippen molar-refractivity contribution in [1.29, 1.82) is 0 Å². The van der Waals surface area contributed by atoms with Crippen LogP contribution in [-0.2, 0) is 10.8 Å². The van der Waals surface area contributed by atoms with Crippen LogP contribution in [0.1, 0.15) is 59.7 Å². The van der Waals surface area contributed by atoms with Crippen LogP contribution < -0.4 is 0 Å². The molecule has 2 aliphatic rings. The minimum Gasteiger partial charge on any atom is -0.455 e. The smallest absolute Gasteiger partial charge is 0.149 e. The summed E-state index contributed by atoms with van der Waals surface area (Å²) in [5, 5.41) is 2.67. The van der Waals surface area contributed by atoms with Crippen molar-refractivity contribution in [1.82, 2.24) is 0 Å². The largest absolute Gasteiger partial charge is 0.455 e. The zero-order chi connectivity index (χ0) is 20.7. The average molecular weight is 447 g/mol. The Kier molecular flexibility index (Phi) is 3.03. The fourth-order valence-electron chi connectivity index (χ4n) is 5.81. The normalized spacial score (nSPS) is 17.5. The van der Waals surface area contributed by atoms with Crippen molar-refractivity contribution in [3.8, 4) is 20.4 Å². The van der Waals surface area contributed by atoms with Crippen LogP contribution in [0.4, 0.5) is 0 Å². The van der Waals surface area contributed by atoms with E-state index in [4.69, 9.17) is 4.42 Å². The summed E-state index contributed by atoms with van der Waals surface area (Å²) in [5.41, 5.74) is 6.87. The van der Waals surface area contributed by atoms with Crippen molar-refractivity contribution >= 4 is 55.1 Å². The number of rotatable bonds is 0.